The van der Waals surface area contributed by atoms with Crippen molar-refractivity contribution >= 4 is 15.9 Å². The lowest BCUT2D eigenvalue weighted by Gasteiger charge is -2.24. The molecule has 106 valence electrons. The highest BCUT2D eigenvalue weighted by molar-refractivity contribution is 9.10. The summed E-state index contributed by atoms with van der Waals surface area (Å²) < 4.78 is 14.7. The summed E-state index contributed by atoms with van der Waals surface area (Å²) in [6, 6.07) is 15.8. The van der Waals surface area contributed by atoms with Gasteiger partial charge in [0.2, 0.25) is 0 Å². The highest BCUT2D eigenvalue weighted by atomic mass is 79.9. The van der Waals surface area contributed by atoms with E-state index in [2.05, 4.69) is 40.3 Å². The SMILES string of the molecule is CNC(Cc1ccc(Br)cc1F)C(C)c1ccccc1. The molecule has 0 amide bonds. The van der Waals surface area contributed by atoms with E-state index in [1.165, 1.54) is 11.6 Å². The molecule has 1 nitrogen and oxygen atoms in total. The van der Waals surface area contributed by atoms with E-state index in [-0.39, 0.29) is 11.9 Å². The molecule has 0 aliphatic carbocycles. The number of nitrogens with one attached hydrogen (secondary N) is 1. The molecule has 0 aliphatic heterocycles. The molecule has 2 rings (SSSR count). The van der Waals surface area contributed by atoms with Gasteiger partial charge in [-0.25, -0.2) is 4.39 Å². The Morgan fingerprint density at radius 3 is 2.45 bits per heavy atom. The van der Waals surface area contributed by atoms with Crippen LogP contribution in [0.1, 0.15) is 24.0 Å². The lowest BCUT2D eigenvalue weighted by Crippen LogP contribution is -2.33. The Labute approximate surface area is 128 Å². The van der Waals surface area contributed by atoms with Gasteiger partial charge in [0.05, 0.1) is 0 Å². The summed E-state index contributed by atoms with van der Waals surface area (Å²) in [6.45, 7) is 2.17. The topological polar surface area (TPSA) is 12.0 Å². The second-order valence-corrected chi connectivity index (χ2v) is 5.95. The first kappa shape index (κ1) is 15.2. The van der Waals surface area contributed by atoms with Crippen LogP contribution in [-0.4, -0.2) is 13.1 Å². The molecule has 20 heavy (non-hydrogen) atoms. The van der Waals surface area contributed by atoms with E-state index < -0.39 is 0 Å². The maximum absolute atomic E-state index is 14.0. The Balaban J connectivity index is 2.16. The Hall–Kier alpha value is -1.19. The Morgan fingerprint density at radius 1 is 1.15 bits per heavy atom. The van der Waals surface area contributed by atoms with E-state index in [9.17, 15) is 4.39 Å². The minimum absolute atomic E-state index is 0.153. The van der Waals surface area contributed by atoms with Crippen LogP contribution in [0, 0.1) is 5.82 Å². The zero-order valence-corrected chi connectivity index (χ0v) is 13.3. The summed E-state index contributed by atoms with van der Waals surface area (Å²) in [4.78, 5) is 0. The van der Waals surface area contributed by atoms with Crippen LogP contribution in [-0.2, 0) is 6.42 Å². The fraction of sp³-hybridized carbons (Fsp3) is 0.294. The molecule has 2 unspecified atom stereocenters. The van der Waals surface area contributed by atoms with Crippen LogP contribution in [0.15, 0.2) is 53.0 Å². The summed E-state index contributed by atoms with van der Waals surface area (Å²) >= 11 is 3.29. The van der Waals surface area contributed by atoms with Gasteiger partial charge < -0.3 is 5.32 Å². The van der Waals surface area contributed by atoms with Crippen molar-refractivity contribution in [1.82, 2.24) is 5.32 Å². The molecule has 0 fully saturated rings. The Bertz CT molecular complexity index is 556. The average molecular weight is 336 g/mol. The number of hydrogen-bond acceptors (Lipinski definition) is 1. The van der Waals surface area contributed by atoms with Crippen LogP contribution in [0.25, 0.3) is 0 Å². The van der Waals surface area contributed by atoms with Crippen molar-refractivity contribution in [2.75, 3.05) is 7.05 Å². The highest BCUT2D eigenvalue weighted by Gasteiger charge is 2.19. The van der Waals surface area contributed by atoms with Gasteiger partial charge >= 0.3 is 0 Å². The monoisotopic (exact) mass is 335 g/mol. The molecular weight excluding hydrogens is 317 g/mol. The molecule has 0 bridgehead atoms. The van der Waals surface area contributed by atoms with E-state index >= 15 is 0 Å². The smallest absolute Gasteiger partial charge is 0.127 e. The minimum atomic E-state index is -0.153. The molecule has 0 aromatic heterocycles. The number of hydrogen-bond donors (Lipinski definition) is 1. The van der Waals surface area contributed by atoms with Gasteiger partial charge in [-0.2, -0.15) is 0 Å². The van der Waals surface area contributed by atoms with E-state index in [4.69, 9.17) is 0 Å². The molecule has 3 heteroatoms. The summed E-state index contributed by atoms with van der Waals surface area (Å²) in [5.41, 5.74) is 2.01. The number of rotatable bonds is 5. The number of benzene rings is 2. The third-order valence-electron chi connectivity index (χ3n) is 3.75. The molecule has 0 saturated carbocycles. The van der Waals surface area contributed by atoms with Crippen molar-refractivity contribution in [2.24, 2.45) is 0 Å². The quantitative estimate of drug-likeness (QED) is 0.846. The van der Waals surface area contributed by atoms with Crippen LogP contribution in [0.2, 0.25) is 0 Å². The van der Waals surface area contributed by atoms with Gasteiger partial charge in [0, 0.05) is 10.5 Å². The molecule has 2 atom stereocenters. The molecule has 1 N–H and O–H groups in total. The second-order valence-electron chi connectivity index (χ2n) is 5.03. The van der Waals surface area contributed by atoms with Crippen LogP contribution in [0.4, 0.5) is 4.39 Å². The van der Waals surface area contributed by atoms with E-state index in [0.717, 1.165) is 10.0 Å². The fourth-order valence-corrected chi connectivity index (χ4v) is 2.78. The summed E-state index contributed by atoms with van der Waals surface area (Å²) in [5, 5.41) is 3.31. The maximum Gasteiger partial charge on any atom is 0.127 e. The molecule has 2 aromatic rings. The molecule has 0 saturated heterocycles. The van der Waals surface area contributed by atoms with Crippen molar-refractivity contribution < 1.29 is 4.39 Å². The standard InChI is InChI=1S/C17H19BrFN/c1-12(13-6-4-3-5-7-13)17(20-2)10-14-8-9-15(18)11-16(14)19/h3-9,11-12,17,20H,10H2,1-2H3. The first-order valence-electron chi connectivity index (χ1n) is 6.78. The van der Waals surface area contributed by atoms with Crippen LogP contribution in [0.5, 0.6) is 0 Å². The molecule has 0 spiro atoms. The summed E-state index contributed by atoms with van der Waals surface area (Å²) in [6.07, 6.45) is 0.672. The van der Waals surface area contributed by atoms with Gasteiger partial charge in [-0.3, -0.25) is 0 Å². The number of likely N-dealkylation sites (N-methyl/N-ethyl adjacent to an activating group) is 1. The molecular formula is C17H19BrFN. The molecule has 0 radical (unpaired) electrons. The van der Waals surface area contributed by atoms with Crippen molar-refractivity contribution in [1.29, 1.82) is 0 Å². The summed E-state index contributed by atoms with van der Waals surface area (Å²) in [5.74, 6) is 0.170. The predicted octanol–water partition coefficient (Wildman–Crippen LogP) is 4.52. The zero-order valence-electron chi connectivity index (χ0n) is 11.7. The van der Waals surface area contributed by atoms with E-state index in [1.807, 2.05) is 37.4 Å². The van der Waals surface area contributed by atoms with Gasteiger partial charge in [-0.1, -0.05) is 59.3 Å². The van der Waals surface area contributed by atoms with Crippen molar-refractivity contribution in [2.45, 2.75) is 25.3 Å². The lowest BCUT2D eigenvalue weighted by atomic mass is 9.89. The van der Waals surface area contributed by atoms with Crippen molar-refractivity contribution in [3.63, 3.8) is 0 Å². The minimum Gasteiger partial charge on any atom is -0.316 e. The van der Waals surface area contributed by atoms with Gasteiger partial charge in [0.1, 0.15) is 5.82 Å². The Kier molecular flexibility index (Phi) is 5.32. The van der Waals surface area contributed by atoms with Gasteiger partial charge in [-0.15, -0.1) is 0 Å². The van der Waals surface area contributed by atoms with Crippen molar-refractivity contribution in [3.05, 3.63) is 69.9 Å². The average Bonchev–Trinajstić information content (AvgIpc) is 2.47. The van der Waals surface area contributed by atoms with Crippen LogP contribution < -0.4 is 5.32 Å². The Morgan fingerprint density at radius 2 is 1.85 bits per heavy atom. The zero-order chi connectivity index (χ0) is 14.5. The normalized spacial score (nSPS) is 14.0. The van der Waals surface area contributed by atoms with Gasteiger partial charge in [-0.05, 0) is 42.6 Å². The highest BCUT2D eigenvalue weighted by Crippen LogP contribution is 2.23. The van der Waals surface area contributed by atoms with Crippen LogP contribution >= 0.6 is 15.9 Å². The molecule has 2 aromatic carbocycles. The number of halogens is 2. The van der Waals surface area contributed by atoms with E-state index in [1.54, 1.807) is 0 Å². The third-order valence-corrected chi connectivity index (χ3v) is 4.25. The first-order valence-corrected chi connectivity index (χ1v) is 7.57. The van der Waals surface area contributed by atoms with Crippen molar-refractivity contribution in [3.8, 4) is 0 Å². The lowest BCUT2D eigenvalue weighted by molar-refractivity contribution is 0.472. The largest absolute Gasteiger partial charge is 0.316 e. The van der Waals surface area contributed by atoms with Crippen LogP contribution in [0.3, 0.4) is 0 Å². The fourth-order valence-electron chi connectivity index (χ4n) is 2.44. The second kappa shape index (κ2) is 7.00. The maximum atomic E-state index is 14.0. The molecule has 0 heterocycles. The summed E-state index contributed by atoms with van der Waals surface area (Å²) in [7, 11) is 1.93. The molecule has 0 aliphatic rings. The van der Waals surface area contributed by atoms with E-state index in [0.29, 0.717) is 12.3 Å². The first-order chi connectivity index (χ1) is 9.61. The van der Waals surface area contributed by atoms with Gasteiger partial charge in [0.25, 0.3) is 0 Å². The predicted molar refractivity (Wildman–Crippen MR) is 85.5 cm³/mol. The van der Waals surface area contributed by atoms with Gasteiger partial charge in [0.15, 0.2) is 0 Å². The third kappa shape index (κ3) is 3.68.